The number of carbonyl (C=O) groups is 1. The number of amides is 1. The van der Waals surface area contributed by atoms with Crippen LogP contribution in [0, 0.1) is 17.6 Å². The van der Waals surface area contributed by atoms with Crippen molar-refractivity contribution in [2.24, 2.45) is 5.92 Å². The summed E-state index contributed by atoms with van der Waals surface area (Å²) in [4.78, 5) is 28.9. The maximum absolute atomic E-state index is 15.2. The number of anilines is 1. The Hall–Kier alpha value is -4.99. The largest absolute Gasteiger partial charge is 0.336 e. The van der Waals surface area contributed by atoms with Crippen molar-refractivity contribution in [2.45, 2.75) is 20.3 Å². The van der Waals surface area contributed by atoms with E-state index < -0.39 is 5.82 Å². The van der Waals surface area contributed by atoms with E-state index in [0.29, 0.717) is 56.9 Å². The van der Waals surface area contributed by atoms with Gasteiger partial charge in [0.1, 0.15) is 22.8 Å². The second-order valence-corrected chi connectivity index (χ2v) is 9.71. The quantitative estimate of drug-likeness (QED) is 0.231. The number of aromatic nitrogens is 6. The highest BCUT2D eigenvalue weighted by atomic mass is 19.1. The molecule has 2 aromatic carbocycles. The minimum absolute atomic E-state index is 0.128. The van der Waals surface area contributed by atoms with Gasteiger partial charge < -0.3 is 10.3 Å². The van der Waals surface area contributed by atoms with Crippen LogP contribution in [0.4, 0.5) is 14.5 Å². The van der Waals surface area contributed by atoms with Crippen LogP contribution in [0.15, 0.2) is 67.1 Å². The first kappa shape index (κ1) is 24.4. The average molecular weight is 524 g/mol. The van der Waals surface area contributed by atoms with E-state index in [0.717, 1.165) is 11.1 Å². The molecule has 4 aromatic heterocycles. The number of hydrogen-bond donors (Lipinski definition) is 3. The van der Waals surface area contributed by atoms with Gasteiger partial charge in [0.05, 0.1) is 28.6 Å². The molecule has 0 aliphatic carbocycles. The Bertz CT molecular complexity index is 1840. The van der Waals surface area contributed by atoms with E-state index in [4.69, 9.17) is 4.98 Å². The second kappa shape index (κ2) is 9.71. The predicted molar refractivity (Wildman–Crippen MR) is 146 cm³/mol. The zero-order chi connectivity index (χ0) is 27.1. The summed E-state index contributed by atoms with van der Waals surface area (Å²) in [5, 5.41) is 10.8. The fourth-order valence-electron chi connectivity index (χ4n) is 4.54. The smallest absolute Gasteiger partial charge is 0.224 e. The molecule has 0 bridgehead atoms. The maximum atomic E-state index is 15.2. The lowest BCUT2D eigenvalue weighted by atomic mass is 10.0. The Kier molecular flexibility index (Phi) is 6.07. The predicted octanol–water partition coefficient (Wildman–Crippen LogP) is 6.49. The van der Waals surface area contributed by atoms with Crippen molar-refractivity contribution in [3.05, 3.63) is 78.8 Å². The normalized spacial score (nSPS) is 11.5. The summed E-state index contributed by atoms with van der Waals surface area (Å²) in [6.07, 6.45) is 5.10. The molecule has 0 fully saturated rings. The highest BCUT2D eigenvalue weighted by molar-refractivity contribution is 5.98. The monoisotopic (exact) mass is 523 g/mol. The van der Waals surface area contributed by atoms with Gasteiger partial charge in [0.2, 0.25) is 5.91 Å². The van der Waals surface area contributed by atoms with Gasteiger partial charge in [-0.3, -0.25) is 19.9 Å². The topological polar surface area (TPSA) is 112 Å². The first-order chi connectivity index (χ1) is 18.9. The number of rotatable bonds is 6. The van der Waals surface area contributed by atoms with Crippen molar-refractivity contribution < 1.29 is 13.6 Å². The van der Waals surface area contributed by atoms with Gasteiger partial charge in [-0.05, 0) is 48.4 Å². The van der Waals surface area contributed by atoms with Crippen molar-refractivity contribution in [1.82, 2.24) is 30.1 Å². The summed E-state index contributed by atoms with van der Waals surface area (Å²) in [5.41, 5.74) is 4.97. The summed E-state index contributed by atoms with van der Waals surface area (Å²) < 4.78 is 28.7. The van der Waals surface area contributed by atoms with Crippen LogP contribution in [-0.2, 0) is 4.79 Å². The number of imidazole rings is 1. The highest BCUT2D eigenvalue weighted by Crippen LogP contribution is 2.34. The number of aromatic amines is 2. The second-order valence-electron chi connectivity index (χ2n) is 9.71. The third kappa shape index (κ3) is 4.72. The zero-order valence-corrected chi connectivity index (χ0v) is 21.1. The van der Waals surface area contributed by atoms with E-state index in [-0.39, 0.29) is 17.6 Å². The SMILES string of the molecule is CC(C)CC(=O)Nc1cncc(-c2cc3c(-c4nc5c(-c6ccc(F)cc6)nccc5[nH]4)n[nH]c3cc2F)c1. The number of halogens is 2. The Morgan fingerprint density at radius 2 is 1.79 bits per heavy atom. The Balaban J connectivity index is 1.41. The van der Waals surface area contributed by atoms with Crippen LogP contribution in [0.5, 0.6) is 0 Å². The molecular weight excluding hydrogens is 500 g/mol. The molecule has 6 aromatic rings. The summed E-state index contributed by atoms with van der Waals surface area (Å²) in [6.45, 7) is 3.92. The number of carbonyl (C=O) groups excluding carboxylic acids is 1. The highest BCUT2D eigenvalue weighted by Gasteiger charge is 2.18. The summed E-state index contributed by atoms with van der Waals surface area (Å²) >= 11 is 0. The molecule has 0 saturated carbocycles. The fourth-order valence-corrected chi connectivity index (χ4v) is 4.54. The van der Waals surface area contributed by atoms with Crippen LogP contribution >= 0.6 is 0 Å². The first-order valence-corrected chi connectivity index (χ1v) is 12.4. The van der Waals surface area contributed by atoms with Crippen molar-refractivity contribution >= 4 is 33.5 Å². The molecule has 194 valence electrons. The minimum atomic E-state index is -0.461. The minimum Gasteiger partial charge on any atom is -0.336 e. The Morgan fingerprint density at radius 3 is 2.59 bits per heavy atom. The summed E-state index contributed by atoms with van der Waals surface area (Å²) in [5.74, 6) is -0.244. The van der Waals surface area contributed by atoms with Gasteiger partial charge in [-0.2, -0.15) is 5.10 Å². The molecule has 0 spiro atoms. The van der Waals surface area contributed by atoms with E-state index in [9.17, 15) is 9.18 Å². The zero-order valence-electron chi connectivity index (χ0n) is 21.1. The Morgan fingerprint density at radius 1 is 0.974 bits per heavy atom. The number of pyridine rings is 2. The molecule has 0 saturated heterocycles. The lowest BCUT2D eigenvalue weighted by molar-refractivity contribution is -0.116. The van der Waals surface area contributed by atoms with Gasteiger partial charge in [0.15, 0.2) is 5.82 Å². The van der Waals surface area contributed by atoms with Crippen LogP contribution in [0.1, 0.15) is 20.3 Å². The van der Waals surface area contributed by atoms with Gasteiger partial charge in [-0.1, -0.05) is 13.8 Å². The van der Waals surface area contributed by atoms with Crippen molar-refractivity contribution in [1.29, 1.82) is 0 Å². The molecule has 0 atom stereocenters. The van der Waals surface area contributed by atoms with E-state index in [1.807, 2.05) is 13.8 Å². The summed E-state index contributed by atoms with van der Waals surface area (Å²) in [7, 11) is 0. The third-order valence-corrected chi connectivity index (χ3v) is 6.32. The molecule has 0 unspecified atom stereocenters. The molecule has 8 nitrogen and oxygen atoms in total. The maximum Gasteiger partial charge on any atom is 0.224 e. The van der Waals surface area contributed by atoms with Crippen LogP contribution in [-0.4, -0.2) is 36.0 Å². The number of benzene rings is 2. The number of nitrogens with one attached hydrogen (secondary N) is 3. The third-order valence-electron chi connectivity index (χ3n) is 6.32. The van der Waals surface area contributed by atoms with Crippen LogP contribution in [0.25, 0.3) is 55.8 Å². The molecule has 10 heteroatoms. The van der Waals surface area contributed by atoms with E-state index >= 15 is 4.39 Å². The number of hydrogen-bond acceptors (Lipinski definition) is 5. The number of nitrogens with zero attached hydrogens (tertiary/aromatic N) is 4. The lowest BCUT2D eigenvalue weighted by Crippen LogP contribution is -2.14. The Labute approximate surface area is 221 Å². The van der Waals surface area contributed by atoms with Gasteiger partial charge in [0.25, 0.3) is 0 Å². The van der Waals surface area contributed by atoms with Crippen LogP contribution in [0.2, 0.25) is 0 Å². The van der Waals surface area contributed by atoms with Gasteiger partial charge in [0, 0.05) is 47.0 Å². The standard InChI is InChI=1S/C29H23F2N7O/c1-15(2)9-25(39)34-19-10-17(13-32-14-19)20-11-21-24(12-22(20)31)37-38-27(21)29-35-23-7-8-33-26(28(23)36-29)16-3-5-18(30)6-4-16/h3-8,10-15H,9H2,1-2H3,(H,34,39)(H,35,36)(H,37,38). The van der Waals surface area contributed by atoms with Crippen molar-refractivity contribution in [3.8, 4) is 33.9 Å². The number of H-pyrrole nitrogens is 2. The van der Waals surface area contributed by atoms with E-state index in [1.54, 1.807) is 42.7 Å². The van der Waals surface area contributed by atoms with Crippen LogP contribution in [0.3, 0.4) is 0 Å². The molecule has 0 aliphatic heterocycles. The lowest BCUT2D eigenvalue weighted by Gasteiger charge is -2.09. The van der Waals surface area contributed by atoms with Crippen molar-refractivity contribution in [3.63, 3.8) is 0 Å². The molecule has 4 heterocycles. The van der Waals surface area contributed by atoms with E-state index in [1.165, 1.54) is 24.4 Å². The molecule has 0 aliphatic rings. The van der Waals surface area contributed by atoms with Gasteiger partial charge in [-0.25, -0.2) is 13.8 Å². The van der Waals surface area contributed by atoms with Gasteiger partial charge in [-0.15, -0.1) is 0 Å². The molecule has 1 amide bonds. The first-order valence-electron chi connectivity index (χ1n) is 12.4. The molecule has 0 radical (unpaired) electrons. The molecule has 3 N–H and O–H groups in total. The average Bonchev–Trinajstić information content (AvgIpc) is 3.52. The van der Waals surface area contributed by atoms with E-state index in [2.05, 4.69) is 30.5 Å². The molecular formula is C29H23F2N7O. The number of fused-ring (bicyclic) bond motifs is 2. The fraction of sp³-hybridized carbons (Fsp3) is 0.138. The van der Waals surface area contributed by atoms with Crippen molar-refractivity contribution in [2.75, 3.05) is 5.32 Å². The van der Waals surface area contributed by atoms with Gasteiger partial charge >= 0.3 is 0 Å². The summed E-state index contributed by atoms with van der Waals surface area (Å²) in [6, 6.07) is 12.6. The molecule has 39 heavy (non-hydrogen) atoms. The van der Waals surface area contributed by atoms with Crippen LogP contribution < -0.4 is 5.32 Å². The molecule has 6 rings (SSSR count).